The molecule has 2 N–H and O–H groups in total. The third kappa shape index (κ3) is 11.9. The first-order valence-corrected chi connectivity index (χ1v) is 5.70. The molecule has 0 aliphatic heterocycles. The van der Waals surface area contributed by atoms with Crippen molar-refractivity contribution in [3.8, 4) is 0 Å². The number of unbranched alkanes of at least 4 members (excludes halogenated alkanes) is 3. The molecule has 3 nitrogen and oxygen atoms in total. The van der Waals surface area contributed by atoms with Crippen LogP contribution in [0.25, 0.3) is 0 Å². The molecule has 14 heavy (non-hydrogen) atoms. The van der Waals surface area contributed by atoms with Gasteiger partial charge in [-0.3, -0.25) is 0 Å². The highest BCUT2D eigenvalue weighted by Gasteiger charge is 1.92. The Labute approximate surface area is 88.6 Å². The van der Waals surface area contributed by atoms with Gasteiger partial charge in [0, 0.05) is 13.2 Å². The van der Waals surface area contributed by atoms with Gasteiger partial charge in [0.15, 0.2) is 0 Å². The van der Waals surface area contributed by atoms with Crippen LogP contribution in [0.3, 0.4) is 0 Å². The van der Waals surface area contributed by atoms with E-state index in [0.29, 0.717) is 0 Å². The van der Waals surface area contributed by atoms with E-state index in [1.807, 2.05) is 0 Å². The standard InChI is InChI=1S/C11H26N2O/c1-13(2)9-7-11-14-10-6-4-3-5-8-12/h3-12H2,1-2H3. The van der Waals surface area contributed by atoms with E-state index in [9.17, 15) is 0 Å². The Morgan fingerprint density at radius 2 is 1.57 bits per heavy atom. The molecule has 0 fully saturated rings. The Bertz CT molecular complexity index is 107. The van der Waals surface area contributed by atoms with Gasteiger partial charge in [-0.05, 0) is 46.4 Å². The predicted octanol–water partition coefficient (Wildman–Crippen LogP) is 1.47. The summed E-state index contributed by atoms with van der Waals surface area (Å²) in [5.74, 6) is 0. The van der Waals surface area contributed by atoms with Crippen molar-refractivity contribution in [2.45, 2.75) is 32.1 Å². The molecular weight excluding hydrogens is 176 g/mol. The van der Waals surface area contributed by atoms with Crippen molar-refractivity contribution in [2.24, 2.45) is 5.73 Å². The molecule has 0 aromatic rings. The van der Waals surface area contributed by atoms with Crippen LogP contribution in [-0.4, -0.2) is 45.3 Å². The van der Waals surface area contributed by atoms with E-state index in [0.717, 1.165) is 39.1 Å². The third-order valence-corrected chi connectivity index (χ3v) is 2.14. The lowest BCUT2D eigenvalue weighted by molar-refractivity contribution is 0.122. The molecule has 0 aliphatic carbocycles. The second-order valence-electron chi connectivity index (χ2n) is 3.97. The fraction of sp³-hybridized carbons (Fsp3) is 1.00. The van der Waals surface area contributed by atoms with Crippen LogP contribution >= 0.6 is 0 Å². The molecule has 3 heteroatoms. The molecule has 0 amide bonds. The summed E-state index contributed by atoms with van der Waals surface area (Å²) >= 11 is 0. The summed E-state index contributed by atoms with van der Waals surface area (Å²) in [5, 5.41) is 0. The van der Waals surface area contributed by atoms with Crippen molar-refractivity contribution < 1.29 is 4.74 Å². The second-order valence-corrected chi connectivity index (χ2v) is 3.97. The lowest BCUT2D eigenvalue weighted by Crippen LogP contribution is -2.14. The number of hydrogen-bond donors (Lipinski definition) is 1. The van der Waals surface area contributed by atoms with Gasteiger partial charge < -0.3 is 15.4 Å². The number of ether oxygens (including phenoxy) is 1. The SMILES string of the molecule is CN(C)CCCOCCCCCCN. The van der Waals surface area contributed by atoms with Gasteiger partial charge in [-0.25, -0.2) is 0 Å². The Morgan fingerprint density at radius 3 is 2.21 bits per heavy atom. The first-order chi connectivity index (χ1) is 6.77. The molecule has 0 rings (SSSR count). The predicted molar refractivity (Wildman–Crippen MR) is 61.5 cm³/mol. The molecule has 0 unspecified atom stereocenters. The average Bonchev–Trinajstić information content (AvgIpc) is 2.15. The summed E-state index contributed by atoms with van der Waals surface area (Å²) in [4.78, 5) is 2.19. The third-order valence-electron chi connectivity index (χ3n) is 2.14. The van der Waals surface area contributed by atoms with Gasteiger partial charge in [0.1, 0.15) is 0 Å². The highest BCUT2D eigenvalue weighted by molar-refractivity contribution is 4.45. The first kappa shape index (κ1) is 13.9. The van der Waals surface area contributed by atoms with Gasteiger partial charge in [0.2, 0.25) is 0 Å². The highest BCUT2D eigenvalue weighted by atomic mass is 16.5. The number of nitrogens with two attached hydrogens (primary N) is 1. The number of nitrogens with zero attached hydrogens (tertiary/aromatic N) is 1. The van der Waals surface area contributed by atoms with Crippen LogP contribution < -0.4 is 5.73 Å². The second kappa shape index (κ2) is 11.0. The van der Waals surface area contributed by atoms with E-state index in [-0.39, 0.29) is 0 Å². The summed E-state index contributed by atoms with van der Waals surface area (Å²) in [6.45, 7) is 3.75. The molecule has 0 heterocycles. The van der Waals surface area contributed by atoms with Gasteiger partial charge >= 0.3 is 0 Å². The largest absolute Gasteiger partial charge is 0.381 e. The van der Waals surface area contributed by atoms with Gasteiger partial charge in [-0.15, -0.1) is 0 Å². The molecule has 0 spiro atoms. The molecule has 86 valence electrons. The van der Waals surface area contributed by atoms with Gasteiger partial charge in [-0.1, -0.05) is 12.8 Å². The van der Waals surface area contributed by atoms with Gasteiger partial charge in [-0.2, -0.15) is 0 Å². The lowest BCUT2D eigenvalue weighted by atomic mass is 10.2. The summed E-state index contributed by atoms with van der Waals surface area (Å²) < 4.78 is 5.51. The monoisotopic (exact) mass is 202 g/mol. The zero-order chi connectivity index (χ0) is 10.6. The summed E-state index contributed by atoms with van der Waals surface area (Å²) in [7, 11) is 4.18. The van der Waals surface area contributed by atoms with E-state index in [4.69, 9.17) is 10.5 Å². The zero-order valence-electron chi connectivity index (χ0n) is 9.80. The van der Waals surface area contributed by atoms with Crippen LogP contribution in [-0.2, 0) is 4.74 Å². The molecule has 0 saturated carbocycles. The van der Waals surface area contributed by atoms with Crippen LogP contribution in [0.2, 0.25) is 0 Å². The number of rotatable bonds is 10. The van der Waals surface area contributed by atoms with Crippen molar-refractivity contribution in [1.82, 2.24) is 4.90 Å². The van der Waals surface area contributed by atoms with Gasteiger partial charge in [0.25, 0.3) is 0 Å². The Balaban J connectivity index is 2.85. The summed E-state index contributed by atoms with van der Waals surface area (Å²) in [6.07, 6.45) is 5.97. The van der Waals surface area contributed by atoms with Crippen molar-refractivity contribution in [3.63, 3.8) is 0 Å². The smallest absolute Gasteiger partial charge is 0.0478 e. The highest BCUT2D eigenvalue weighted by Crippen LogP contribution is 1.99. The Morgan fingerprint density at radius 1 is 0.929 bits per heavy atom. The minimum atomic E-state index is 0.823. The average molecular weight is 202 g/mol. The fourth-order valence-corrected chi connectivity index (χ4v) is 1.29. The van der Waals surface area contributed by atoms with Crippen LogP contribution in [0.1, 0.15) is 32.1 Å². The molecule has 0 aromatic carbocycles. The van der Waals surface area contributed by atoms with Gasteiger partial charge in [0.05, 0.1) is 0 Å². The summed E-state index contributed by atoms with van der Waals surface area (Å²) in [6, 6.07) is 0. The Hall–Kier alpha value is -0.120. The van der Waals surface area contributed by atoms with E-state index in [2.05, 4.69) is 19.0 Å². The first-order valence-electron chi connectivity index (χ1n) is 5.70. The topological polar surface area (TPSA) is 38.5 Å². The van der Waals surface area contributed by atoms with Crippen LogP contribution in [0.4, 0.5) is 0 Å². The molecule has 0 atom stereocenters. The van der Waals surface area contributed by atoms with Crippen LogP contribution in [0, 0.1) is 0 Å². The van der Waals surface area contributed by atoms with E-state index < -0.39 is 0 Å². The maximum Gasteiger partial charge on any atom is 0.0478 e. The molecule has 0 aromatic heterocycles. The zero-order valence-corrected chi connectivity index (χ0v) is 9.80. The van der Waals surface area contributed by atoms with E-state index >= 15 is 0 Å². The molecule has 0 saturated heterocycles. The quantitative estimate of drug-likeness (QED) is 0.545. The maximum absolute atomic E-state index is 5.51. The fourth-order valence-electron chi connectivity index (χ4n) is 1.29. The maximum atomic E-state index is 5.51. The van der Waals surface area contributed by atoms with E-state index in [1.165, 1.54) is 19.3 Å². The molecule has 0 bridgehead atoms. The number of hydrogen-bond acceptors (Lipinski definition) is 3. The minimum absolute atomic E-state index is 0.823. The minimum Gasteiger partial charge on any atom is -0.381 e. The Kier molecular flexibility index (Phi) is 10.9. The normalized spacial score (nSPS) is 11.1. The lowest BCUT2D eigenvalue weighted by Gasteiger charge is -2.09. The van der Waals surface area contributed by atoms with E-state index in [1.54, 1.807) is 0 Å². The van der Waals surface area contributed by atoms with Crippen molar-refractivity contribution in [2.75, 3.05) is 40.4 Å². The van der Waals surface area contributed by atoms with Crippen LogP contribution in [0.15, 0.2) is 0 Å². The molecule has 0 radical (unpaired) electrons. The summed E-state index contributed by atoms with van der Waals surface area (Å²) in [5.41, 5.74) is 5.40. The van der Waals surface area contributed by atoms with Crippen molar-refractivity contribution in [1.29, 1.82) is 0 Å². The van der Waals surface area contributed by atoms with Crippen molar-refractivity contribution in [3.05, 3.63) is 0 Å². The molecular formula is C11H26N2O. The van der Waals surface area contributed by atoms with Crippen molar-refractivity contribution >= 4 is 0 Å². The molecule has 0 aliphatic rings. The van der Waals surface area contributed by atoms with Crippen LogP contribution in [0.5, 0.6) is 0 Å².